The van der Waals surface area contributed by atoms with Crippen molar-refractivity contribution in [1.82, 2.24) is 10.6 Å². The van der Waals surface area contributed by atoms with Crippen LogP contribution in [0.4, 0.5) is 9.59 Å². The zero-order valence-electron chi connectivity index (χ0n) is 26.7. The van der Waals surface area contributed by atoms with Crippen LogP contribution >= 0.6 is 0 Å². The van der Waals surface area contributed by atoms with Gasteiger partial charge in [0.05, 0.1) is 18.2 Å². The van der Waals surface area contributed by atoms with Gasteiger partial charge in [0.25, 0.3) is 0 Å². The molecule has 3 atom stereocenters. The first-order valence-electron chi connectivity index (χ1n) is 15.0. The van der Waals surface area contributed by atoms with Gasteiger partial charge in [-0.1, -0.05) is 103 Å². The highest BCUT2D eigenvalue weighted by Crippen LogP contribution is 2.19. The summed E-state index contributed by atoms with van der Waals surface area (Å²) < 4.78 is 11.0. The van der Waals surface area contributed by atoms with E-state index in [1.165, 1.54) is 13.8 Å². The predicted octanol–water partition coefficient (Wildman–Crippen LogP) is 6.77. The first-order valence-corrected chi connectivity index (χ1v) is 15.0. The lowest BCUT2D eigenvalue weighted by atomic mass is 9.92. The minimum atomic E-state index is -1.17. The highest BCUT2D eigenvalue weighted by molar-refractivity contribution is 5.83. The summed E-state index contributed by atoms with van der Waals surface area (Å²) in [6.07, 6.45) is -1.83. The molecule has 0 saturated carbocycles. The third kappa shape index (κ3) is 12.8. The molecule has 0 unspecified atom stereocenters. The van der Waals surface area contributed by atoms with E-state index in [1.807, 2.05) is 103 Å². The average molecular weight is 613 g/mol. The number of carbonyl (C=O) groups excluding carboxylic acids is 3. The maximum Gasteiger partial charge on any atom is 0.407 e. The third-order valence-electron chi connectivity index (χ3n) is 6.61. The summed E-state index contributed by atoms with van der Waals surface area (Å²) in [4.78, 5) is 35.2. The quantitative estimate of drug-likeness (QED) is 0.182. The molecule has 0 aliphatic carbocycles. The molecule has 238 valence electrons. The molecule has 4 aromatic rings. The number of amides is 2. The fraction of sp³-hybridized carbons (Fsp3) is 0.324. The third-order valence-corrected chi connectivity index (χ3v) is 6.61. The number of benzene rings is 4. The summed E-state index contributed by atoms with van der Waals surface area (Å²) in [5.41, 5.74) is 1.98. The van der Waals surface area contributed by atoms with Gasteiger partial charge in [0.2, 0.25) is 0 Å². The van der Waals surface area contributed by atoms with Crippen LogP contribution in [-0.4, -0.2) is 46.9 Å². The fourth-order valence-electron chi connectivity index (χ4n) is 4.66. The second kappa shape index (κ2) is 17.0. The Morgan fingerprint density at radius 3 is 1.73 bits per heavy atom. The van der Waals surface area contributed by atoms with E-state index in [-0.39, 0.29) is 12.4 Å². The summed E-state index contributed by atoms with van der Waals surface area (Å²) in [6, 6.07) is 31.5. The molecule has 0 spiro atoms. The van der Waals surface area contributed by atoms with Gasteiger partial charge in [-0.2, -0.15) is 0 Å². The van der Waals surface area contributed by atoms with Gasteiger partial charge in [-0.15, -0.1) is 0 Å². The Bertz CT molecular complexity index is 1510. The smallest absolute Gasteiger partial charge is 0.407 e. The lowest BCUT2D eigenvalue weighted by Gasteiger charge is -2.32. The molecule has 0 fully saturated rings. The first kappa shape index (κ1) is 34.8. The van der Waals surface area contributed by atoms with Crippen molar-refractivity contribution in [1.29, 1.82) is 0 Å². The van der Waals surface area contributed by atoms with E-state index in [9.17, 15) is 19.5 Å². The highest BCUT2D eigenvalue weighted by Gasteiger charge is 2.32. The number of ketones is 1. The van der Waals surface area contributed by atoms with Crippen LogP contribution in [0.5, 0.6) is 0 Å². The van der Waals surface area contributed by atoms with Gasteiger partial charge in [-0.3, -0.25) is 0 Å². The normalized spacial score (nSPS) is 12.9. The Balaban J connectivity index is 0.00000130. The summed E-state index contributed by atoms with van der Waals surface area (Å²) in [5.74, 6) is 0.167. The molecule has 8 nitrogen and oxygen atoms in total. The zero-order valence-corrected chi connectivity index (χ0v) is 26.7. The van der Waals surface area contributed by atoms with Crippen LogP contribution in [-0.2, 0) is 33.7 Å². The molecular weight excluding hydrogens is 568 g/mol. The van der Waals surface area contributed by atoms with E-state index in [0.29, 0.717) is 12.8 Å². The minimum absolute atomic E-state index is 0.0923. The molecule has 0 radical (unpaired) electrons. The number of ether oxygens (including phenoxy) is 2. The molecule has 4 aromatic carbocycles. The van der Waals surface area contributed by atoms with Gasteiger partial charge in [-0.25, -0.2) is 9.59 Å². The van der Waals surface area contributed by atoms with E-state index < -0.39 is 36.0 Å². The highest BCUT2D eigenvalue weighted by atomic mass is 16.6. The van der Waals surface area contributed by atoms with Crippen molar-refractivity contribution >= 4 is 28.7 Å². The van der Waals surface area contributed by atoms with E-state index in [0.717, 1.165) is 27.5 Å². The minimum Gasteiger partial charge on any atom is -0.445 e. The van der Waals surface area contributed by atoms with Gasteiger partial charge < -0.3 is 30.0 Å². The number of carbonyl (C=O) groups is 3. The summed E-state index contributed by atoms with van der Waals surface area (Å²) in [5, 5.41) is 19.6. The number of hydrogen-bond donors (Lipinski definition) is 3. The maximum atomic E-state index is 13.0. The molecular formula is C37H44N2O6. The number of aliphatic hydroxyl groups is 1. The summed E-state index contributed by atoms with van der Waals surface area (Å²) in [7, 11) is 0. The predicted molar refractivity (Wildman–Crippen MR) is 177 cm³/mol. The average Bonchev–Trinajstić information content (AvgIpc) is 2.99. The van der Waals surface area contributed by atoms with Crippen LogP contribution in [0.3, 0.4) is 0 Å². The van der Waals surface area contributed by atoms with Crippen LogP contribution in [0.1, 0.15) is 51.3 Å². The zero-order chi connectivity index (χ0) is 32.8. The maximum absolute atomic E-state index is 13.0. The van der Waals surface area contributed by atoms with Crippen LogP contribution in [0, 0.1) is 0 Å². The molecule has 0 saturated heterocycles. The topological polar surface area (TPSA) is 114 Å². The van der Waals surface area contributed by atoms with Gasteiger partial charge in [0.1, 0.15) is 18.0 Å². The number of rotatable bonds is 10. The Hall–Kier alpha value is -4.69. The SMILES string of the molecule is CC(C)(C)OC(=O)N[C@H](Cc1ccccc1)[C@@H](O)[C@@H](Cc1ccc2ccccc2c1)NC(=O)OCc1ccccc1.CC(C)=O. The van der Waals surface area contributed by atoms with Crippen molar-refractivity contribution in [3.05, 3.63) is 120 Å². The number of fused-ring (bicyclic) bond motifs is 1. The standard InChI is InChI=1S/C34H38N2O5.C3H6O/c1-34(2,3)41-33(39)36-29(21-24-12-6-4-7-13-24)31(37)30(35-32(38)40-23-25-14-8-5-9-15-25)22-26-18-19-27-16-10-11-17-28(27)20-26;1-3(2)4/h4-20,29-31,37H,21-23H2,1-3H3,(H,35,38)(H,36,39);1-2H3/t29-,30-,31-;/m1./s1. The number of Topliss-reactive ketones (excluding diaryl/α,β-unsaturated/α-hetero) is 1. The number of alkyl carbamates (subject to hydrolysis) is 2. The van der Waals surface area contributed by atoms with Crippen LogP contribution in [0.25, 0.3) is 10.8 Å². The van der Waals surface area contributed by atoms with Gasteiger partial charge in [-0.05, 0) is 74.9 Å². The van der Waals surface area contributed by atoms with Crippen molar-refractivity contribution < 1.29 is 29.0 Å². The lowest BCUT2D eigenvalue weighted by molar-refractivity contribution is -0.115. The molecule has 4 rings (SSSR count). The molecule has 2 amide bonds. The van der Waals surface area contributed by atoms with E-state index in [4.69, 9.17) is 9.47 Å². The molecule has 0 aliphatic rings. The molecule has 45 heavy (non-hydrogen) atoms. The molecule has 8 heteroatoms. The number of hydrogen-bond acceptors (Lipinski definition) is 6. The van der Waals surface area contributed by atoms with Crippen molar-refractivity contribution in [2.75, 3.05) is 0 Å². The second-order valence-electron chi connectivity index (χ2n) is 12.0. The monoisotopic (exact) mass is 612 g/mol. The van der Waals surface area contributed by atoms with Gasteiger partial charge in [0.15, 0.2) is 0 Å². The Morgan fingerprint density at radius 2 is 1.16 bits per heavy atom. The van der Waals surface area contributed by atoms with Crippen LogP contribution in [0.2, 0.25) is 0 Å². The van der Waals surface area contributed by atoms with Gasteiger partial charge >= 0.3 is 12.2 Å². The molecule has 0 aromatic heterocycles. The van der Waals surface area contributed by atoms with E-state index in [1.54, 1.807) is 20.8 Å². The van der Waals surface area contributed by atoms with Crippen molar-refractivity contribution in [2.24, 2.45) is 0 Å². The second-order valence-corrected chi connectivity index (χ2v) is 12.0. The van der Waals surface area contributed by atoms with Crippen molar-refractivity contribution in [2.45, 2.75) is 77.9 Å². The van der Waals surface area contributed by atoms with Crippen molar-refractivity contribution in [3.8, 4) is 0 Å². The van der Waals surface area contributed by atoms with Gasteiger partial charge in [0, 0.05) is 0 Å². The Labute approximate surface area is 265 Å². The fourth-order valence-corrected chi connectivity index (χ4v) is 4.66. The van der Waals surface area contributed by atoms with E-state index >= 15 is 0 Å². The largest absolute Gasteiger partial charge is 0.445 e. The number of aliphatic hydroxyl groups excluding tert-OH is 1. The molecule has 0 aliphatic heterocycles. The molecule has 3 N–H and O–H groups in total. The molecule has 0 heterocycles. The Morgan fingerprint density at radius 1 is 0.667 bits per heavy atom. The number of nitrogens with one attached hydrogen (secondary N) is 2. The van der Waals surface area contributed by atoms with Crippen LogP contribution in [0.15, 0.2) is 103 Å². The van der Waals surface area contributed by atoms with E-state index in [2.05, 4.69) is 10.6 Å². The van der Waals surface area contributed by atoms with Crippen LogP contribution < -0.4 is 10.6 Å². The Kier molecular flexibility index (Phi) is 13.1. The van der Waals surface area contributed by atoms with Crippen molar-refractivity contribution in [3.63, 3.8) is 0 Å². The summed E-state index contributed by atoms with van der Waals surface area (Å²) >= 11 is 0. The molecule has 0 bridgehead atoms. The first-order chi connectivity index (χ1) is 21.4. The lowest BCUT2D eigenvalue weighted by Crippen LogP contribution is -2.56. The summed E-state index contributed by atoms with van der Waals surface area (Å²) in [6.45, 7) is 8.49.